The Morgan fingerprint density at radius 1 is 1.18 bits per heavy atom. The SMILES string of the molecule is Cc1[nH]nc(C(N)=O)c1NC(=O)Cc1ccc(S(=O)(=O)N2CCCCC2)cc1. The second kappa shape index (κ2) is 8.11. The van der Waals surface area contributed by atoms with E-state index >= 15 is 0 Å². The first-order chi connectivity index (χ1) is 13.3. The monoisotopic (exact) mass is 405 g/mol. The lowest BCUT2D eigenvalue weighted by Gasteiger charge is -2.25. The zero-order chi connectivity index (χ0) is 20.3. The molecule has 1 aromatic carbocycles. The second-order valence-corrected chi connectivity index (χ2v) is 8.71. The van der Waals surface area contributed by atoms with Gasteiger partial charge in [0.1, 0.15) is 0 Å². The van der Waals surface area contributed by atoms with Gasteiger partial charge in [-0.05, 0) is 37.5 Å². The van der Waals surface area contributed by atoms with Gasteiger partial charge in [0.05, 0.1) is 22.7 Å². The first-order valence-corrected chi connectivity index (χ1v) is 10.5. The van der Waals surface area contributed by atoms with Gasteiger partial charge in [-0.25, -0.2) is 8.42 Å². The molecule has 150 valence electrons. The first kappa shape index (κ1) is 20.0. The van der Waals surface area contributed by atoms with E-state index in [1.807, 2.05) is 0 Å². The van der Waals surface area contributed by atoms with Crippen LogP contribution in [0.2, 0.25) is 0 Å². The Kier molecular flexibility index (Phi) is 5.80. The number of carbonyl (C=O) groups is 2. The maximum absolute atomic E-state index is 12.7. The van der Waals surface area contributed by atoms with Crippen LogP contribution in [0.4, 0.5) is 5.69 Å². The van der Waals surface area contributed by atoms with Gasteiger partial charge in [-0.3, -0.25) is 14.7 Å². The molecule has 1 aliphatic rings. The van der Waals surface area contributed by atoms with E-state index in [0.29, 0.717) is 24.3 Å². The Bertz CT molecular complexity index is 976. The van der Waals surface area contributed by atoms with Crippen LogP contribution >= 0.6 is 0 Å². The molecule has 9 nitrogen and oxygen atoms in total. The van der Waals surface area contributed by atoms with Gasteiger partial charge in [0.2, 0.25) is 15.9 Å². The molecule has 0 spiro atoms. The zero-order valence-corrected chi connectivity index (χ0v) is 16.4. The van der Waals surface area contributed by atoms with Gasteiger partial charge in [0, 0.05) is 13.1 Å². The van der Waals surface area contributed by atoms with Gasteiger partial charge in [0.15, 0.2) is 5.69 Å². The van der Waals surface area contributed by atoms with Crippen LogP contribution in [0, 0.1) is 6.92 Å². The summed E-state index contributed by atoms with van der Waals surface area (Å²) < 4.78 is 26.8. The van der Waals surface area contributed by atoms with E-state index < -0.39 is 15.9 Å². The molecule has 1 saturated heterocycles. The number of sulfonamides is 1. The number of hydrogen-bond donors (Lipinski definition) is 3. The average molecular weight is 405 g/mol. The van der Waals surface area contributed by atoms with Crippen LogP contribution < -0.4 is 11.1 Å². The molecule has 1 aliphatic heterocycles. The molecule has 0 unspecified atom stereocenters. The van der Waals surface area contributed by atoms with E-state index in [2.05, 4.69) is 15.5 Å². The summed E-state index contributed by atoms with van der Waals surface area (Å²) in [5, 5.41) is 9.00. The third-order valence-corrected chi connectivity index (χ3v) is 6.60. The summed E-state index contributed by atoms with van der Waals surface area (Å²) in [7, 11) is -3.50. The fraction of sp³-hybridized carbons (Fsp3) is 0.389. The zero-order valence-electron chi connectivity index (χ0n) is 15.6. The number of aryl methyl sites for hydroxylation is 1. The van der Waals surface area contributed by atoms with Crippen molar-refractivity contribution < 1.29 is 18.0 Å². The third-order valence-electron chi connectivity index (χ3n) is 4.69. The fourth-order valence-corrected chi connectivity index (χ4v) is 4.68. The molecular weight excluding hydrogens is 382 g/mol. The molecule has 0 atom stereocenters. The number of primary amides is 1. The van der Waals surface area contributed by atoms with Crippen molar-refractivity contribution in [1.82, 2.24) is 14.5 Å². The lowest BCUT2D eigenvalue weighted by molar-refractivity contribution is -0.115. The highest BCUT2D eigenvalue weighted by atomic mass is 32.2. The summed E-state index contributed by atoms with van der Waals surface area (Å²) in [6.07, 6.45) is 2.82. The minimum atomic E-state index is -3.50. The summed E-state index contributed by atoms with van der Waals surface area (Å²) in [6, 6.07) is 6.27. The van der Waals surface area contributed by atoms with Crippen LogP contribution in [0.15, 0.2) is 29.2 Å². The van der Waals surface area contributed by atoms with Crippen molar-refractivity contribution in [2.24, 2.45) is 5.73 Å². The molecule has 4 N–H and O–H groups in total. The standard InChI is InChI=1S/C18H23N5O4S/c1-12-16(17(18(19)25)22-21-12)20-15(24)11-13-5-7-14(8-6-13)28(26,27)23-9-3-2-4-10-23/h5-8H,2-4,9-11H2,1H3,(H2,19,25)(H,20,24)(H,21,22). The number of carbonyl (C=O) groups excluding carboxylic acids is 2. The van der Waals surface area contributed by atoms with E-state index in [0.717, 1.165) is 19.3 Å². The first-order valence-electron chi connectivity index (χ1n) is 9.03. The number of amides is 2. The Labute approximate surface area is 163 Å². The van der Waals surface area contributed by atoms with Crippen molar-refractivity contribution in [1.29, 1.82) is 0 Å². The minimum Gasteiger partial charge on any atom is -0.364 e. The van der Waals surface area contributed by atoms with E-state index in [1.54, 1.807) is 19.1 Å². The fourth-order valence-electron chi connectivity index (χ4n) is 3.16. The molecule has 2 aromatic rings. The van der Waals surface area contributed by atoms with Gasteiger partial charge >= 0.3 is 0 Å². The summed E-state index contributed by atoms with van der Waals surface area (Å²) in [5.41, 5.74) is 6.63. The Morgan fingerprint density at radius 3 is 2.43 bits per heavy atom. The van der Waals surface area contributed by atoms with Gasteiger partial charge in [-0.1, -0.05) is 18.6 Å². The smallest absolute Gasteiger partial charge is 0.271 e. The number of nitrogens with one attached hydrogen (secondary N) is 2. The Balaban J connectivity index is 1.68. The number of rotatable bonds is 6. The van der Waals surface area contributed by atoms with Gasteiger partial charge in [0.25, 0.3) is 5.91 Å². The number of anilines is 1. The lowest BCUT2D eigenvalue weighted by atomic mass is 10.1. The van der Waals surface area contributed by atoms with Crippen LogP contribution in [-0.2, 0) is 21.2 Å². The highest BCUT2D eigenvalue weighted by Gasteiger charge is 2.25. The number of benzene rings is 1. The number of H-pyrrole nitrogens is 1. The molecule has 2 amide bonds. The van der Waals surface area contributed by atoms with Crippen LogP contribution in [-0.4, -0.2) is 47.8 Å². The average Bonchev–Trinajstić information content (AvgIpc) is 3.03. The summed E-state index contributed by atoms with van der Waals surface area (Å²) in [5.74, 6) is -1.11. The van der Waals surface area contributed by atoms with E-state index in [-0.39, 0.29) is 28.6 Å². The largest absolute Gasteiger partial charge is 0.364 e. The van der Waals surface area contributed by atoms with E-state index in [9.17, 15) is 18.0 Å². The van der Waals surface area contributed by atoms with Gasteiger partial charge in [-0.15, -0.1) is 0 Å². The molecule has 0 bridgehead atoms. The maximum atomic E-state index is 12.7. The Hall–Kier alpha value is -2.72. The molecule has 28 heavy (non-hydrogen) atoms. The maximum Gasteiger partial charge on any atom is 0.271 e. The molecule has 0 radical (unpaired) electrons. The van der Waals surface area contributed by atoms with Crippen LogP contribution in [0.25, 0.3) is 0 Å². The van der Waals surface area contributed by atoms with Gasteiger partial charge in [-0.2, -0.15) is 9.40 Å². The van der Waals surface area contributed by atoms with E-state index in [4.69, 9.17) is 5.73 Å². The van der Waals surface area contributed by atoms with Crippen LogP contribution in [0.3, 0.4) is 0 Å². The lowest BCUT2D eigenvalue weighted by Crippen LogP contribution is -2.35. The normalized spacial score (nSPS) is 15.3. The molecule has 3 rings (SSSR count). The Morgan fingerprint density at radius 2 is 1.82 bits per heavy atom. The number of nitrogens with two attached hydrogens (primary N) is 1. The van der Waals surface area contributed by atoms with Crippen molar-refractivity contribution in [3.8, 4) is 0 Å². The summed E-state index contributed by atoms with van der Waals surface area (Å²) in [6.45, 7) is 2.74. The number of aromatic amines is 1. The minimum absolute atomic E-state index is 0.0207. The van der Waals surface area contributed by atoms with Crippen molar-refractivity contribution in [2.45, 2.75) is 37.5 Å². The highest BCUT2D eigenvalue weighted by molar-refractivity contribution is 7.89. The quantitative estimate of drug-likeness (QED) is 0.662. The topological polar surface area (TPSA) is 138 Å². The number of piperidine rings is 1. The number of hydrogen-bond acceptors (Lipinski definition) is 5. The van der Waals surface area contributed by atoms with Gasteiger partial charge < -0.3 is 11.1 Å². The molecule has 2 heterocycles. The van der Waals surface area contributed by atoms with Crippen LogP contribution in [0.1, 0.15) is 41.0 Å². The predicted molar refractivity (Wildman–Crippen MR) is 103 cm³/mol. The van der Waals surface area contributed by atoms with Crippen LogP contribution in [0.5, 0.6) is 0 Å². The predicted octanol–water partition coefficient (Wildman–Crippen LogP) is 1.17. The third kappa shape index (κ3) is 4.23. The molecular formula is C18H23N5O4S. The van der Waals surface area contributed by atoms with Crippen molar-refractivity contribution >= 4 is 27.5 Å². The molecule has 1 aromatic heterocycles. The molecule has 0 saturated carbocycles. The van der Waals surface area contributed by atoms with Crippen molar-refractivity contribution in [3.63, 3.8) is 0 Å². The molecule has 1 fully saturated rings. The van der Waals surface area contributed by atoms with Crippen molar-refractivity contribution in [3.05, 3.63) is 41.2 Å². The summed E-state index contributed by atoms with van der Waals surface area (Å²) >= 11 is 0. The number of nitrogens with zero attached hydrogens (tertiary/aromatic N) is 2. The summed E-state index contributed by atoms with van der Waals surface area (Å²) in [4.78, 5) is 23.9. The van der Waals surface area contributed by atoms with Crippen molar-refractivity contribution in [2.75, 3.05) is 18.4 Å². The second-order valence-electron chi connectivity index (χ2n) is 6.77. The highest BCUT2D eigenvalue weighted by Crippen LogP contribution is 2.21. The number of aromatic nitrogens is 2. The molecule has 10 heteroatoms. The molecule has 0 aliphatic carbocycles. The van der Waals surface area contributed by atoms with E-state index in [1.165, 1.54) is 16.4 Å².